The van der Waals surface area contributed by atoms with Gasteiger partial charge in [-0.25, -0.2) is 0 Å². The number of anilines is 1. The lowest BCUT2D eigenvalue weighted by Gasteiger charge is -2.07. The molecule has 3 heteroatoms. The molecule has 1 aliphatic rings. The zero-order valence-corrected chi connectivity index (χ0v) is 7.63. The van der Waals surface area contributed by atoms with E-state index in [0.717, 1.165) is 17.0 Å². The van der Waals surface area contributed by atoms with Gasteiger partial charge in [-0.3, -0.25) is 4.79 Å². The molecule has 0 saturated carbocycles. The van der Waals surface area contributed by atoms with E-state index in [1.54, 1.807) is 7.11 Å². The second-order valence-corrected chi connectivity index (χ2v) is 3.13. The molecule has 0 fully saturated rings. The minimum Gasteiger partial charge on any atom is -0.496 e. The van der Waals surface area contributed by atoms with Gasteiger partial charge in [0.15, 0.2) is 0 Å². The minimum atomic E-state index is -0.105. The summed E-state index contributed by atoms with van der Waals surface area (Å²) in [5, 5.41) is 2.80. The molecule has 0 aromatic heterocycles. The van der Waals surface area contributed by atoms with Gasteiger partial charge in [0, 0.05) is 11.3 Å². The Kier molecular flexibility index (Phi) is 1.72. The summed E-state index contributed by atoms with van der Waals surface area (Å²) in [6, 6.07) is 5.63. The fourth-order valence-electron chi connectivity index (χ4n) is 1.65. The molecule has 68 valence electrons. The van der Waals surface area contributed by atoms with Crippen molar-refractivity contribution in [3.8, 4) is 5.75 Å². The number of rotatable bonds is 1. The first kappa shape index (κ1) is 8.10. The third kappa shape index (κ3) is 1.08. The Balaban J connectivity index is 2.57. The Morgan fingerprint density at radius 3 is 2.92 bits per heavy atom. The van der Waals surface area contributed by atoms with Crippen molar-refractivity contribution in [2.75, 3.05) is 12.4 Å². The lowest BCUT2D eigenvalue weighted by atomic mass is 10.0. The Bertz CT molecular complexity index is 360. The maximum atomic E-state index is 11.3. The molecule has 1 N–H and O–H groups in total. The van der Waals surface area contributed by atoms with E-state index in [-0.39, 0.29) is 11.8 Å². The fraction of sp³-hybridized carbons (Fsp3) is 0.300. The van der Waals surface area contributed by atoms with Crippen molar-refractivity contribution >= 4 is 11.6 Å². The summed E-state index contributed by atoms with van der Waals surface area (Å²) in [4.78, 5) is 11.3. The zero-order chi connectivity index (χ0) is 9.42. The van der Waals surface area contributed by atoms with Crippen LogP contribution in [0.2, 0.25) is 0 Å². The molecule has 3 nitrogen and oxygen atoms in total. The summed E-state index contributed by atoms with van der Waals surface area (Å²) in [6.07, 6.45) is 0. The first-order chi connectivity index (χ1) is 6.24. The summed E-state index contributed by atoms with van der Waals surface area (Å²) < 4.78 is 5.18. The lowest BCUT2D eigenvalue weighted by Crippen LogP contribution is -2.08. The van der Waals surface area contributed by atoms with Crippen molar-refractivity contribution in [3.63, 3.8) is 0 Å². The van der Waals surface area contributed by atoms with Crippen LogP contribution in [-0.4, -0.2) is 13.0 Å². The zero-order valence-electron chi connectivity index (χ0n) is 7.63. The number of hydrogen-bond donors (Lipinski definition) is 1. The highest BCUT2D eigenvalue weighted by Crippen LogP contribution is 2.38. The number of hydrogen-bond acceptors (Lipinski definition) is 2. The summed E-state index contributed by atoms with van der Waals surface area (Å²) >= 11 is 0. The van der Waals surface area contributed by atoms with Gasteiger partial charge >= 0.3 is 0 Å². The van der Waals surface area contributed by atoms with E-state index in [1.807, 2.05) is 25.1 Å². The van der Waals surface area contributed by atoms with Crippen LogP contribution in [0.3, 0.4) is 0 Å². The van der Waals surface area contributed by atoms with Crippen molar-refractivity contribution < 1.29 is 9.53 Å². The smallest absolute Gasteiger partial charge is 0.231 e. The van der Waals surface area contributed by atoms with Crippen LogP contribution < -0.4 is 10.1 Å². The van der Waals surface area contributed by atoms with Crippen molar-refractivity contribution in [2.45, 2.75) is 12.8 Å². The van der Waals surface area contributed by atoms with Crippen LogP contribution in [0.5, 0.6) is 5.75 Å². The molecule has 1 aliphatic heterocycles. The number of carbonyl (C=O) groups excluding carboxylic acids is 1. The maximum absolute atomic E-state index is 11.3. The Morgan fingerprint density at radius 2 is 2.23 bits per heavy atom. The predicted molar refractivity (Wildman–Crippen MR) is 50.0 cm³/mol. The van der Waals surface area contributed by atoms with Crippen molar-refractivity contribution in [3.05, 3.63) is 23.8 Å². The van der Waals surface area contributed by atoms with Gasteiger partial charge in [-0.2, -0.15) is 0 Å². The van der Waals surface area contributed by atoms with Crippen LogP contribution in [0.15, 0.2) is 18.2 Å². The molecule has 0 spiro atoms. The molecule has 1 aromatic carbocycles. The van der Waals surface area contributed by atoms with Gasteiger partial charge in [0.1, 0.15) is 5.75 Å². The van der Waals surface area contributed by atoms with Gasteiger partial charge in [0.2, 0.25) is 5.91 Å². The van der Waals surface area contributed by atoms with Crippen molar-refractivity contribution in [2.24, 2.45) is 0 Å². The molecule has 1 heterocycles. The van der Waals surface area contributed by atoms with Crippen LogP contribution >= 0.6 is 0 Å². The highest BCUT2D eigenvalue weighted by Gasteiger charge is 2.29. The molecule has 0 radical (unpaired) electrons. The molecule has 1 atom stereocenters. The number of amides is 1. The Labute approximate surface area is 76.7 Å². The topological polar surface area (TPSA) is 38.3 Å². The fourth-order valence-corrected chi connectivity index (χ4v) is 1.65. The lowest BCUT2D eigenvalue weighted by molar-refractivity contribution is -0.116. The van der Waals surface area contributed by atoms with E-state index >= 15 is 0 Å². The van der Waals surface area contributed by atoms with Gasteiger partial charge in [-0.1, -0.05) is 6.07 Å². The molecule has 0 aliphatic carbocycles. The molecule has 1 unspecified atom stereocenters. The Morgan fingerprint density at radius 1 is 1.46 bits per heavy atom. The third-order valence-electron chi connectivity index (χ3n) is 2.37. The highest BCUT2D eigenvalue weighted by molar-refractivity contribution is 6.03. The quantitative estimate of drug-likeness (QED) is 0.709. The molecule has 0 saturated heterocycles. The summed E-state index contributed by atoms with van der Waals surface area (Å²) in [5.74, 6) is 0.717. The summed E-state index contributed by atoms with van der Waals surface area (Å²) in [5.41, 5.74) is 1.84. The molecule has 13 heavy (non-hydrogen) atoms. The van der Waals surface area contributed by atoms with E-state index in [1.165, 1.54) is 0 Å². The molecule has 0 bridgehead atoms. The number of methoxy groups -OCH3 is 1. The normalized spacial score (nSPS) is 19.5. The molecular weight excluding hydrogens is 166 g/mol. The van der Waals surface area contributed by atoms with E-state index in [4.69, 9.17) is 4.74 Å². The van der Waals surface area contributed by atoms with Crippen molar-refractivity contribution in [1.29, 1.82) is 0 Å². The summed E-state index contributed by atoms with van der Waals surface area (Å²) in [7, 11) is 1.62. The van der Waals surface area contributed by atoms with E-state index in [9.17, 15) is 4.79 Å². The van der Waals surface area contributed by atoms with Crippen LogP contribution in [0.1, 0.15) is 18.4 Å². The van der Waals surface area contributed by atoms with E-state index in [2.05, 4.69) is 5.32 Å². The molecular formula is C10H11NO2. The van der Waals surface area contributed by atoms with E-state index < -0.39 is 0 Å². The average Bonchev–Trinajstić information content (AvgIpc) is 2.43. The van der Waals surface area contributed by atoms with Crippen molar-refractivity contribution in [1.82, 2.24) is 0 Å². The van der Waals surface area contributed by atoms with Crippen LogP contribution in [0.25, 0.3) is 0 Å². The standard InChI is InChI=1S/C10H11NO2/c1-6-9-7(11-10(6)12)4-3-5-8(9)13-2/h3-6H,1-2H3,(H,11,12). The second-order valence-electron chi connectivity index (χ2n) is 3.13. The predicted octanol–water partition coefficient (Wildman–Crippen LogP) is 1.75. The number of nitrogens with one attached hydrogen (secondary N) is 1. The maximum Gasteiger partial charge on any atom is 0.231 e. The SMILES string of the molecule is COc1cccc2c1C(C)C(=O)N2. The number of ether oxygens (including phenoxy) is 1. The molecule has 2 rings (SSSR count). The van der Waals surface area contributed by atoms with Gasteiger partial charge < -0.3 is 10.1 Å². The van der Waals surface area contributed by atoms with Crippen LogP contribution in [0, 0.1) is 0 Å². The average molecular weight is 177 g/mol. The number of benzene rings is 1. The van der Waals surface area contributed by atoms with E-state index in [0.29, 0.717) is 0 Å². The molecule has 1 amide bonds. The van der Waals surface area contributed by atoms with Crippen LogP contribution in [0.4, 0.5) is 5.69 Å². The largest absolute Gasteiger partial charge is 0.496 e. The van der Waals surface area contributed by atoms with Gasteiger partial charge in [-0.05, 0) is 19.1 Å². The van der Waals surface area contributed by atoms with Gasteiger partial charge in [0.25, 0.3) is 0 Å². The summed E-state index contributed by atoms with van der Waals surface area (Å²) in [6.45, 7) is 1.88. The first-order valence-electron chi connectivity index (χ1n) is 4.22. The Hall–Kier alpha value is -1.51. The number of carbonyl (C=O) groups is 1. The second kappa shape index (κ2) is 2.76. The number of fused-ring (bicyclic) bond motifs is 1. The first-order valence-corrected chi connectivity index (χ1v) is 4.22. The van der Waals surface area contributed by atoms with Gasteiger partial charge in [-0.15, -0.1) is 0 Å². The van der Waals surface area contributed by atoms with Gasteiger partial charge in [0.05, 0.1) is 13.0 Å². The molecule has 1 aromatic rings. The van der Waals surface area contributed by atoms with Crippen LogP contribution in [-0.2, 0) is 4.79 Å². The third-order valence-corrected chi connectivity index (χ3v) is 2.37. The minimum absolute atomic E-state index is 0.0412. The highest BCUT2D eigenvalue weighted by atomic mass is 16.5. The monoisotopic (exact) mass is 177 g/mol.